The van der Waals surface area contributed by atoms with Gasteiger partial charge < -0.3 is 9.47 Å². The van der Waals surface area contributed by atoms with Gasteiger partial charge in [-0.25, -0.2) is 13.9 Å². The number of ether oxygens (including phenoxy) is 2. The molecule has 0 N–H and O–H groups in total. The van der Waals surface area contributed by atoms with Gasteiger partial charge in [-0.15, -0.1) is 0 Å². The number of esters is 1. The number of halogens is 2. The fourth-order valence-corrected chi connectivity index (χ4v) is 2.98. The first-order chi connectivity index (χ1) is 13.0. The Kier molecular flexibility index (Phi) is 5.76. The van der Waals surface area contributed by atoms with E-state index in [9.17, 15) is 9.18 Å². The van der Waals surface area contributed by atoms with Crippen molar-refractivity contribution in [3.05, 3.63) is 81.9 Å². The minimum Gasteiger partial charge on any atom is -0.494 e. The second kappa shape index (κ2) is 8.22. The van der Waals surface area contributed by atoms with Crippen molar-refractivity contribution in [1.29, 1.82) is 0 Å². The van der Waals surface area contributed by atoms with Crippen LogP contribution < -0.4 is 4.74 Å². The Morgan fingerprint density at radius 2 is 1.93 bits per heavy atom. The fourth-order valence-electron chi connectivity index (χ4n) is 2.67. The summed E-state index contributed by atoms with van der Waals surface area (Å²) in [5.41, 5.74) is 2.20. The summed E-state index contributed by atoms with van der Waals surface area (Å²) in [6, 6.07) is 14.0. The predicted molar refractivity (Wildman–Crippen MR) is 99.6 cm³/mol. The summed E-state index contributed by atoms with van der Waals surface area (Å²) in [7, 11) is 1.38. The number of rotatable bonds is 6. The molecule has 5 nitrogen and oxygen atoms in total. The highest BCUT2D eigenvalue weighted by Gasteiger charge is 2.22. The van der Waals surface area contributed by atoms with E-state index in [1.165, 1.54) is 19.2 Å². The van der Waals surface area contributed by atoms with Gasteiger partial charge >= 0.3 is 5.97 Å². The van der Waals surface area contributed by atoms with Crippen LogP contribution in [0.4, 0.5) is 4.39 Å². The van der Waals surface area contributed by atoms with E-state index in [4.69, 9.17) is 21.1 Å². The summed E-state index contributed by atoms with van der Waals surface area (Å²) >= 11 is 6.34. The van der Waals surface area contributed by atoms with Crippen LogP contribution in [0, 0.1) is 12.7 Å². The second-order valence-corrected chi connectivity index (χ2v) is 6.30. The third kappa shape index (κ3) is 4.28. The van der Waals surface area contributed by atoms with E-state index in [0.29, 0.717) is 17.8 Å². The molecule has 0 amide bonds. The van der Waals surface area contributed by atoms with Gasteiger partial charge in [0, 0.05) is 0 Å². The largest absolute Gasteiger partial charge is 0.494 e. The van der Waals surface area contributed by atoms with Crippen LogP contribution in [0.2, 0.25) is 5.15 Å². The third-order valence-electron chi connectivity index (χ3n) is 4.03. The van der Waals surface area contributed by atoms with Gasteiger partial charge in [-0.1, -0.05) is 48.0 Å². The standard InChI is InChI=1S/C20H18ClFN2O3/c1-13-18(19(21)24(23-13)11-14-6-4-3-5-7-14)20(25)27-12-15-8-9-17(26-2)16(22)10-15/h3-10H,11-12H2,1-2H3. The van der Waals surface area contributed by atoms with Crippen LogP contribution in [0.3, 0.4) is 0 Å². The number of hydrogen-bond donors (Lipinski definition) is 0. The molecule has 0 radical (unpaired) electrons. The summed E-state index contributed by atoms with van der Waals surface area (Å²) in [6.07, 6.45) is 0. The maximum atomic E-state index is 13.7. The van der Waals surface area contributed by atoms with Crippen LogP contribution in [0.15, 0.2) is 48.5 Å². The lowest BCUT2D eigenvalue weighted by Gasteiger charge is -2.07. The molecule has 1 aromatic heterocycles. The molecule has 140 valence electrons. The molecule has 1 heterocycles. The van der Waals surface area contributed by atoms with E-state index >= 15 is 0 Å². The Morgan fingerprint density at radius 1 is 1.19 bits per heavy atom. The number of carbonyl (C=O) groups excluding carboxylic acids is 1. The number of nitrogens with zero attached hydrogens (tertiary/aromatic N) is 2. The van der Waals surface area contributed by atoms with E-state index in [-0.39, 0.29) is 23.1 Å². The van der Waals surface area contributed by atoms with Gasteiger partial charge in [0.2, 0.25) is 0 Å². The highest BCUT2D eigenvalue weighted by Crippen LogP contribution is 2.23. The highest BCUT2D eigenvalue weighted by molar-refractivity contribution is 6.32. The molecule has 27 heavy (non-hydrogen) atoms. The van der Waals surface area contributed by atoms with Gasteiger partial charge in [0.25, 0.3) is 0 Å². The Morgan fingerprint density at radius 3 is 2.59 bits per heavy atom. The van der Waals surface area contributed by atoms with Gasteiger partial charge in [-0.3, -0.25) is 0 Å². The second-order valence-electron chi connectivity index (χ2n) is 5.94. The van der Waals surface area contributed by atoms with Gasteiger partial charge in [-0.05, 0) is 30.2 Å². The van der Waals surface area contributed by atoms with Crippen LogP contribution in [-0.2, 0) is 17.9 Å². The van der Waals surface area contributed by atoms with Crippen molar-refractivity contribution in [2.45, 2.75) is 20.1 Å². The number of aromatic nitrogens is 2. The molecule has 0 fully saturated rings. The number of carbonyl (C=O) groups is 1. The molecule has 3 aromatic rings. The molecule has 0 atom stereocenters. The Labute approximate surface area is 161 Å². The maximum absolute atomic E-state index is 13.7. The van der Waals surface area contributed by atoms with E-state index < -0.39 is 11.8 Å². The van der Waals surface area contributed by atoms with Gasteiger partial charge in [0.15, 0.2) is 11.6 Å². The molecular weight excluding hydrogens is 371 g/mol. The van der Waals surface area contributed by atoms with Crippen molar-refractivity contribution in [3.8, 4) is 5.75 Å². The lowest BCUT2D eigenvalue weighted by Crippen LogP contribution is -2.07. The fraction of sp³-hybridized carbons (Fsp3) is 0.200. The van der Waals surface area contributed by atoms with Crippen molar-refractivity contribution in [3.63, 3.8) is 0 Å². The minimum atomic E-state index is -0.604. The molecule has 0 aliphatic heterocycles. The van der Waals surface area contributed by atoms with E-state index in [1.54, 1.807) is 17.7 Å². The van der Waals surface area contributed by atoms with Crippen molar-refractivity contribution >= 4 is 17.6 Å². The quantitative estimate of drug-likeness (QED) is 0.587. The lowest BCUT2D eigenvalue weighted by atomic mass is 10.2. The smallest absolute Gasteiger partial charge is 0.343 e. The van der Waals surface area contributed by atoms with Gasteiger partial charge in [0.05, 0.1) is 19.3 Å². The maximum Gasteiger partial charge on any atom is 0.343 e. The van der Waals surface area contributed by atoms with E-state index in [0.717, 1.165) is 5.56 Å². The van der Waals surface area contributed by atoms with Crippen LogP contribution in [0.1, 0.15) is 27.2 Å². The average molecular weight is 389 g/mol. The summed E-state index contributed by atoms with van der Waals surface area (Å²) in [4.78, 5) is 12.5. The van der Waals surface area contributed by atoms with Crippen molar-refractivity contribution in [2.24, 2.45) is 0 Å². The first kappa shape index (κ1) is 18.9. The zero-order valence-electron chi connectivity index (χ0n) is 14.9. The van der Waals surface area contributed by atoms with Crippen LogP contribution >= 0.6 is 11.6 Å². The zero-order chi connectivity index (χ0) is 19.4. The number of hydrogen-bond acceptors (Lipinski definition) is 4. The predicted octanol–water partition coefficient (Wildman–Crippen LogP) is 4.40. The average Bonchev–Trinajstić information content (AvgIpc) is 2.94. The van der Waals surface area contributed by atoms with Crippen LogP contribution in [-0.4, -0.2) is 22.9 Å². The normalized spacial score (nSPS) is 10.7. The van der Waals surface area contributed by atoms with Crippen molar-refractivity contribution < 1.29 is 18.7 Å². The molecule has 2 aromatic carbocycles. The molecule has 0 saturated heterocycles. The molecule has 3 rings (SSSR count). The molecule has 0 aliphatic rings. The first-order valence-corrected chi connectivity index (χ1v) is 8.63. The number of aryl methyl sites for hydroxylation is 1. The molecule has 0 spiro atoms. The Balaban J connectivity index is 1.72. The highest BCUT2D eigenvalue weighted by atomic mass is 35.5. The molecule has 0 saturated carbocycles. The zero-order valence-corrected chi connectivity index (χ0v) is 15.7. The number of methoxy groups -OCH3 is 1. The summed E-state index contributed by atoms with van der Waals surface area (Å²) in [6.45, 7) is 2.05. The summed E-state index contributed by atoms with van der Waals surface area (Å²) < 4.78 is 25.4. The van der Waals surface area contributed by atoms with Crippen LogP contribution in [0.25, 0.3) is 0 Å². The third-order valence-corrected chi connectivity index (χ3v) is 4.41. The van der Waals surface area contributed by atoms with Gasteiger partial charge in [-0.2, -0.15) is 5.10 Å². The molecular formula is C20H18ClFN2O3. The number of benzene rings is 2. The summed E-state index contributed by atoms with van der Waals surface area (Å²) in [5, 5.41) is 4.54. The Bertz CT molecular complexity index is 957. The first-order valence-electron chi connectivity index (χ1n) is 8.26. The monoisotopic (exact) mass is 388 g/mol. The topological polar surface area (TPSA) is 53.4 Å². The molecule has 0 unspecified atom stereocenters. The van der Waals surface area contributed by atoms with Gasteiger partial charge in [0.1, 0.15) is 17.3 Å². The van der Waals surface area contributed by atoms with E-state index in [1.807, 2.05) is 30.3 Å². The minimum absolute atomic E-state index is 0.0839. The van der Waals surface area contributed by atoms with Crippen molar-refractivity contribution in [1.82, 2.24) is 9.78 Å². The lowest BCUT2D eigenvalue weighted by molar-refractivity contribution is 0.0471. The van der Waals surface area contributed by atoms with Crippen molar-refractivity contribution in [2.75, 3.05) is 7.11 Å². The SMILES string of the molecule is COc1ccc(COC(=O)c2c(C)nn(Cc3ccccc3)c2Cl)cc1F. The van der Waals surface area contributed by atoms with Crippen LogP contribution in [0.5, 0.6) is 5.75 Å². The summed E-state index contributed by atoms with van der Waals surface area (Å²) in [5.74, 6) is -0.991. The Hall–Kier alpha value is -2.86. The molecule has 0 aliphatic carbocycles. The molecule has 7 heteroatoms. The van der Waals surface area contributed by atoms with E-state index in [2.05, 4.69) is 5.10 Å². The molecule has 0 bridgehead atoms.